The van der Waals surface area contributed by atoms with E-state index in [2.05, 4.69) is 29.0 Å². The number of rotatable bonds is 4. The second-order valence-electron chi connectivity index (χ2n) is 6.32. The summed E-state index contributed by atoms with van der Waals surface area (Å²) in [6, 6.07) is 4.35. The van der Waals surface area contributed by atoms with Gasteiger partial charge in [0, 0.05) is 23.1 Å². The van der Waals surface area contributed by atoms with Crippen LogP contribution >= 0.6 is 11.8 Å². The number of aromatic amines is 1. The molecule has 0 aliphatic carbocycles. The topological polar surface area (TPSA) is 60.0 Å². The Balaban J connectivity index is 1.57. The number of hydrogen-bond donors (Lipinski definition) is 1. The number of pyridine rings is 1. The zero-order chi connectivity index (χ0) is 17.4. The first-order valence-electron chi connectivity index (χ1n) is 8.37. The lowest BCUT2D eigenvalue weighted by molar-refractivity contribution is 0.111. The third kappa shape index (κ3) is 3.12. The smallest absolute Gasteiger partial charge is 0.166 e. The molecule has 1 aromatic carbocycles. The molecule has 0 radical (unpaired) electrons. The van der Waals surface area contributed by atoms with Gasteiger partial charge in [0.05, 0.1) is 37.1 Å². The van der Waals surface area contributed by atoms with Gasteiger partial charge in [0.2, 0.25) is 0 Å². The van der Waals surface area contributed by atoms with Crippen molar-refractivity contribution in [3.8, 4) is 5.75 Å². The number of hydrogen-bond acceptors (Lipinski definition) is 5. The van der Waals surface area contributed by atoms with Crippen LogP contribution in [-0.2, 0) is 23.5 Å². The number of H-pyrrole nitrogens is 1. The fourth-order valence-corrected chi connectivity index (χ4v) is 4.18. The van der Waals surface area contributed by atoms with Crippen LogP contribution in [-0.4, -0.2) is 28.7 Å². The summed E-state index contributed by atoms with van der Waals surface area (Å²) in [5.74, 6) is 1.67. The second kappa shape index (κ2) is 6.69. The fraction of sp³-hybridized carbons (Fsp3) is 0.368. The summed E-state index contributed by atoms with van der Waals surface area (Å²) in [6.45, 7) is 5.56. The van der Waals surface area contributed by atoms with Gasteiger partial charge in [-0.25, -0.2) is 4.98 Å². The molecule has 0 amide bonds. The molecule has 0 unspecified atom stereocenters. The first-order valence-corrected chi connectivity index (χ1v) is 9.35. The van der Waals surface area contributed by atoms with Gasteiger partial charge in [-0.1, -0.05) is 11.8 Å². The standard InChI is InChI=1S/C19H21N3O2S/c1-11-8-20-17(12(2)18(11)23-3)10-25-19-21-15-6-13-4-5-24-9-14(13)7-16(15)22-19/h6-8H,4-5,9-10H2,1-3H3,(H,21,22). The summed E-state index contributed by atoms with van der Waals surface area (Å²) in [6.07, 6.45) is 2.83. The van der Waals surface area contributed by atoms with Gasteiger partial charge in [0.15, 0.2) is 5.16 Å². The van der Waals surface area contributed by atoms with Gasteiger partial charge in [-0.3, -0.25) is 4.98 Å². The molecule has 3 aromatic rings. The highest BCUT2D eigenvalue weighted by molar-refractivity contribution is 7.98. The van der Waals surface area contributed by atoms with E-state index in [1.807, 2.05) is 13.1 Å². The minimum Gasteiger partial charge on any atom is -0.496 e. The van der Waals surface area contributed by atoms with Crippen LogP contribution < -0.4 is 4.74 Å². The van der Waals surface area contributed by atoms with Crippen molar-refractivity contribution in [3.63, 3.8) is 0 Å². The summed E-state index contributed by atoms with van der Waals surface area (Å²) in [5.41, 5.74) is 7.89. The number of methoxy groups -OCH3 is 1. The summed E-state index contributed by atoms with van der Waals surface area (Å²) in [7, 11) is 1.71. The van der Waals surface area contributed by atoms with E-state index < -0.39 is 0 Å². The summed E-state index contributed by atoms with van der Waals surface area (Å²) in [5, 5.41) is 0.916. The van der Waals surface area contributed by atoms with Crippen LogP contribution in [0, 0.1) is 13.8 Å². The van der Waals surface area contributed by atoms with E-state index in [-0.39, 0.29) is 0 Å². The van der Waals surface area contributed by atoms with E-state index in [1.54, 1.807) is 18.9 Å². The van der Waals surface area contributed by atoms with Crippen LogP contribution in [0.25, 0.3) is 11.0 Å². The molecule has 0 saturated carbocycles. The number of nitrogens with zero attached hydrogens (tertiary/aromatic N) is 2. The fourth-order valence-electron chi connectivity index (χ4n) is 3.27. The molecule has 5 nitrogen and oxygen atoms in total. The van der Waals surface area contributed by atoms with Crippen molar-refractivity contribution in [2.75, 3.05) is 13.7 Å². The lowest BCUT2D eigenvalue weighted by Gasteiger charge is -2.15. The Morgan fingerprint density at radius 3 is 3.00 bits per heavy atom. The Morgan fingerprint density at radius 1 is 1.28 bits per heavy atom. The minimum absolute atomic E-state index is 0.693. The highest BCUT2D eigenvalue weighted by Gasteiger charge is 2.14. The van der Waals surface area contributed by atoms with Crippen molar-refractivity contribution < 1.29 is 9.47 Å². The first-order chi connectivity index (χ1) is 12.2. The van der Waals surface area contributed by atoms with Crippen LogP contribution in [0.2, 0.25) is 0 Å². The molecule has 6 heteroatoms. The molecule has 0 fully saturated rings. The average Bonchev–Trinajstić information content (AvgIpc) is 3.01. The van der Waals surface area contributed by atoms with E-state index in [0.29, 0.717) is 6.61 Å². The van der Waals surface area contributed by atoms with Crippen molar-refractivity contribution in [3.05, 3.63) is 46.3 Å². The Kier molecular flexibility index (Phi) is 4.39. The molecule has 0 bridgehead atoms. The predicted octanol–water partition coefficient (Wildman–Crippen LogP) is 3.95. The zero-order valence-electron chi connectivity index (χ0n) is 14.7. The van der Waals surface area contributed by atoms with Crippen molar-refractivity contribution in [1.82, 2.24) is 15.0 Å². The second-order valence-corrected chi connectivity index (χ2v) is 7.28. The number of aryl methyl sites for hydroxylation is 1. The van der Waals surface area contributed by atoms with Crippen molar-refractivity contribution in [1.29, 1.82) is 0 Å². The number of thioether (sulfide) groups is 1. The third-order valence-electron chi connectivity index (χ3n) is 4.65. The largest absolute Gasteiger partial charge is 0.496 e. The van der Waals surface area contributed by atoms with E-state index in [0.717, 1.165) is 57.5 Å². The molecule has 4 rings (SSSR count). The van der Waals surface area contributed by atoms with E-state index >= 15 is 0 Å². The zero-order valence-corrected chi connectivity index (χ0v) is 15.5. The van der Waals surface area contributed by atoms with Gasteiger partial charge in [-0.05, 0) is 43.5 Å². The highest BCUT2D eigenvalue weighted by atomic mass is 32.2. The number of nitrogens with one attached hydrogen (secondary N) is 1. The van der Waals surface area contributed by atoms with Crippen LogP contribution in [0.15, 0.2) is 23.5 Å². The average molecular weight is 355 g/mol. The first kappa shape index (κ1) is 16.4. The number of aromatic nitrogens is 3. The number of benzene rings is 1. The molecule has 1 N–H and O–H groups in total. The lowest BCUT2D eigenvalue weighted by atomic mass is 10.0. The summed E-state index contributed by atoms with van der Waals surface area (Å²) < 4.78 is 11.0. The van der Waals surface area contributed by atoms with Gasteiger partial charge in [0.25, 0.3) is 0 Å². The molecule has 25 heavy (non-hydrogen) atoms. The minimum atomic E-state index is 0.693. The molecule has 3 heterocycles. The van der Waals surface area contributed by atoms with Gasteiger partial charge < -0.3 is 14.5 Å². The lowest BCUT2D eigenvalue weighted by Crippen LogP contribution is -2.09. The van der Waals surface area contributed by atoms with E-state index in [1.165, 1.54) is 11.1 Å². The number of fused-ring (bicyclic) bond motifs is 2. The molecule has 130 valence electrons. The molecule has 2 aromatic heterocycles. The van der Waals surface area contributed by atoms with Gasteiger partial charge >= 0.3 is 0 Å². The monoisotopic (exact) mass is 355 g/mol. The van der Waals surface area contributed by atoms with Crippen molar-refractivity contribution in [2.45, 2.75) is 37.8 Å². The number of imidazole rings is 1. The van der Waals surface area contributed by atoms with E-state index in [4.69, 9.17) is 14.5 Å². The molecule has 1 aliphatic rings. The molecule has 1 aliphatic heterocycles. The highest BCUT2D eigenvalue weighted by Crippen LogP contribution is 2.30. The Morgan fingerprint density at radius 2 is 2.16 bits per heavy atom. The van der Waals surface area contributed by atoms with Crippen molar-refractivity contribution >= 4 is 22.8 Å². The maximum atomic E-state index is 5.54. The third-order valence-corrected chi connectivity index (χ3v) is 5.53. The normalized spacial score (nSPS) is 13.9. The van der Waals surface area contributed by atoms with Crippen LogP contribution in [0.3, 0.4) is 0 Å². The maximum absolute atomic E-state index is 5.54. The SMILES string of the molecule is COc1c(C)cnc(CSc2nc3cc4c(cc3[nH]2)COCC4)c1C. The molecular weight excluding hydrogens is 334 g/mol. The maximum Gasteiger partial charge on any atom is 0.166 e. The Hall–Kier alpha value is -2.05. The molecule has 0 saturated heterocycles. The quantitative estimate of drug-likeness (QED) is 0.718. The number of ether oxygens (including phenoxy) is 2. The van der Waals surface area contributed by atoms with Gasteiger partial charge in [-0.2, -0.15) is 0 Å². The molecule has 0 atom stereocenters. The van der Waals surface area contributed by atoms with Gasteiger partial charge in [0.1, 0.15) is 5.75 Å². The Bertz CT molecular complexity index is 893. The van der Waals surface area contributed by atoms with Crippen LogP contribution in [0.4, 0.5) is 0 Å². The van der Waals surface area contributed by atoms with Crippen LogP contribution in [0.5, 0.6) is 5.75 Å². The summed E-state index contributed by atoms with van der Waals surface area (Å²) >= 11 is 1.67. The molecular formula is C19H21N3O2S. The van der Waals surface area contributed by atoms with Gasteiger partial charge in [-0.15, -0.1) is 0 Å². The molecule has 0 spiro atoms. The summed E-state index contributed by atoms with van der Waals surface area (Å²) in [4.78, 5) is 12.7. The van der Waals surface area contributed by atoms with Crippen molar-refractivity contribution in [2.24, 2.45) is 0 Å². The van der Waals surface area contributed by atoms with Crippen LogP contribution in [0.1, 0.15) is 27.9 Å². The van der Waals surface area contributed by atoms with E-state index in [9.17, 15) is 0 Å². The predicted molar refractivity (Wildman–Crippen MR) is 99.3 cm³/mol. The Labute approximate surface area is 151 Å².